The lowest BCUT2D eigenvalue weighted by molar-refractivity contribution is -0.114. The van der Waals surface area contributed by atoms with Crippen LogP contribution in [0.4, 0.5) is 0 Å². The van der Waals surface area contributed by atoms with Crippen molar-refractivity contribution in [1.29, 1.82) is 5.26 Å². The van der Waals surface area contributed by atoms with E-state index in [0.29, 0.717) is 30.1 Å². The van der Waals surface area contributed by atoms with Gasteiger partial charge in [-0.05, 0) is 73.7 Å². The van der Waals surface area contributed by atoms with Crippen molar-refractivity contribution >= 4 is 5.78 Å². The quantitative estimate of drug-likeness (QED) is 0.689. The van der Waals surface area contributed by atoms with Gasteiger partial charge in [-0.2, -0.15) is 5.26 Å². The molecule has 130 valence electrons. The first-order valence-electron chi connectivity index (χ1n) is 9.69. The van der Waals surface area contributed by atoms with Crippen molar-refractivity contribution in [2.45, 2.75) is 59.8 Å². The minimum absolute atomic E-state index is 0.146. The van der Waals surface area contributed by atoms with Gasteiger partial charge in [-0.25, -0.2) is 0 Å². The van der Waals surface area contributed by atoms with Crippen LogP contribution in [0.15, 0.2) is 23.8 Å². The number of fused-ring (bicyclic) bond motifs is 1. The van der Waals surface area contributed by atoms with Gasteiger partial charge < -0.3 is 0 Å². The van der Waals surface area contributed by atoms with Gasteiger partial charge in [-0.15, -0.1) is 0 Å². The maximum absolute atomic E-state index is 11.9. The van der Waals surface area contributed by atoms with Gasteiger partial charge in [0.1, 0.15) is 0 Å². The summed E-state index contributed by atoms with van der Waals surface area (Å²) in [5.74, 6) is 3.59. The smallest absolute Gasteiger partial charge is 0.155 e. The molecular weight excluding hydrogens is 294 g/mol. The second kappa shape index (κ2) is 6.51. The normalized spacial score (nSPS) is 45.3. The summed E-state index contributed by atoms with van der Waals surface area (Å²) in [6.45, 7) is 9.04. The predicted molar refractivity (Wildman–Crippen MR) is 97.0 cm³/mol. The molecule has 7 unspecified atom stereocenters. The number of hydrogen-bond acceptors (Lipinski definition) is 2. The summed E-state index contributed by atoms with van der Waals surface area (Å²) < 4.78 is 0. The molecule has 7 atom stereocenters. The number of carbonyl (C=O) groups is 1. The summed E-state index contributed by atoms with van der Waals surface area (Å²) in [5.41, 5.74) is 1.35. The van der Waals surface area contributed by atoms with E-state index in [1.54, 1.807) is 6.08 Å². The van der Waals surface area contributed by atoms with E-state index in [9.17, 15) is 10.1 Å². The minimum Gasteiger partial charge on any atom is -0.295 e. The number of ketones is 1. The summed E-state index contributed by atoms with van der Waals surface area (Å²) in [7, 11) is 0. The molecule has 2 nitrogen and oxygen atoms in total. The van der Waals surface area contributed by atoms with Crippen LogP contribution in [-0.2, 0) is 4.79 Å². The van der Waals surface area contributed by atoms with Gasteiger partial charge in [0, 0.05) is 6.42 Å². The number of rotatable bonds is 2. The highest BCUT2D eigenvalue weighted by Gasteiger charge is 2.65. The van der Waals surface area contributed by atoms with Crippen molar-refractivity contribution < 1.29 is 4.79 Å². The predicted octanol–water partition coefficient (Wildman–Crippen LogP) is 5.32. The van der Waals surface area contributed by atoms with E-state index in [4.69, 9.17) is 0 Å². The first-order valence-corrected chi connectivity index (χ1v) is 9.69. The molecule has 24 heavy (non-hydrogen) atoms. The Bertz CT molecular complexity index is 610. The van der Waals surface area contributed by atoms with Crippen molar-refractivity contribution in [3.63, 3.8) is 0 Å². The lowest BCUT2D eigenvalue weighted by atomic mass is 9.62. The highest BCUT2D eigenvalue weighted by molar-refractivity contribution is 5.90. The lowest BCUT2D eigenvalue weighted by Gasteiger charge is -2.41. The van der Waals surface area contributed by atoms with Gasteiger partial charge >= 0.3 is 0 Å². The van der Waals surface area contributed by atoms with Crippen LogP contribution >= 0.6 is 0 Å². The Morgan fingerprint density at radius 3 is 2.71 bits per heavy atom. The molecule has 2 fully saturated rings. The fourth-order valence-electron chi connectivity index (χ4n) is 5.71. The van der Waals surface area contributed by atoms with Crippen molar-refractivity contribution in [2.75, 3.05) is 0 Å². The van der Waals surface area contributed by atoms with Gasteiger partial charge in [0.2, 0.25) is 0 Å². The third kappa shape index (κ3) is 2.99. The van der Waals surface area contributed by atoms with Crippen LogP contribution in [-0.4, -0.2) is 5.78 Å². The Hall–Kier alpha value is -1.36. The molecule has 3 aliphatic rings. The molecule has 0 saturated heterocycles. The molecule has 0 radical (unpaired) electrons. The third-order valence-corrected chi connectivity index (χ3v) is 7.18. The average molecular weight is 325 g/mol. The summed E-state index contributed by atoms with van der Waals surface area (Å²) in [6.07, 6.45) is 11.3. The van der Waals surface area contributed by atoms with E-state index in [2.05, 4.69) is 39.8 Å². The number of allylic oxidation sites excluding steroid dienone is 4. The van der Waals surface area contributed by atoms with Crippen LogP contribution in [0.2, 0.25) is 0 Å². The number of carbonyl (C=O) groups excluding carboxylic acids is 1. The van der Waals surface area contributed by atoms with Crippen molar-refractivity contribution in [3.8, 4) is 6.07 Å². The fourth-order valence-corrected chi connectivity index (χ4v) is 5.71. The molecule has 0 bridgehead atoms. The Balaban J connectivity index is 1.94. The van der Waals surface area contributed by atoms with E-state index in [-0.39, 0.29) is 17.1 Å². The van der Waals surface area contributed by atoms with Crippen LogP contribution in [0.3, 0.4) is 0 Å². The Morgan fingerprint density at radius 2 is 2.04 bits per heavy atom. The zero-order valence-corrected chi connectivity index (χ0v) is 15.6. The molecule has 0 aromatic heterocycles. The van der Waals surface area contributed by atoms with Crippen LogP contribution in [0, 0.1) is 52.3 Å². The molecule has 0 heterocycles. The fraction of sp³-hybridized carbons (Fsp3) is 0.727. The van der Waals surface area contributed by atoms with Gasteiger partial charge in [0.15, 0.2) is 5.78 Å². The highest BCUT2D eigenvalue weighted by Crippen LogP contribution is 2.70. The second-order valence-corrected chi connectivity index (χ2v) is 8.81. The van der Waals surface area contributed by atoms with Crippen molar-refractivity contribution in [3.05, 3.63) is 23.8 Å². The van der Waals surface area contributed by atoms with Crippen molar-refractivity contribution in [1.82, 2.24) is 0 Å². The zero-order valence-electron chi connectivity index (χ0n) is 15.6. The Labute approximate surface area is 147 Å². The van der Waals surface area contributed by atoms with Crippen molar-refractivity contribution in [2.24, 2.45) is 40.9 Å². The lowest BCUT2D eigenvalue weighted by Crippen LogP contribution is -2.36. The molecule has 0 amide bonds. The molecule has 0 aliphatic heterocycles. The van der Waals surface area contributed by atoms with Crippen LogP contribution in [0.5, 0.6) is 0 Å². The van der Waals surface area contributed by atoms with Gasteiger partial charge in [0.25, 0.3) is 0 Å². The summed E-state index contributed by atoms with van der Waals surface area (Å²) in [5, 5.41) is 9.75. The van der Waals surface area contributed by atoms with E-state index in [1.165, 1.54) is 12.0 Å². The number of hydrogen-bond donors (Lipinski definition) is 0. The van der Waals surface area contributed by atoms with E-state index in [1.807, 2.05) is 6.08 Å². The van der Waals surface area contributed by atoms with Gasteiger partial charge in [0.05, 0.1) is 12.0 Å². The van der Waals surface area contributed by atoms with E-state index in [0.717, 1.165) is 25.2 Å². The number of nitrogens with zero attached hydrogens (tertiary/aromatic N) is 1. The molecule has 3 aliphatic carbocycles. The second-order valence-electron chi connectivity index (χ2n) is 8.81. The van der Waals surface area contributed by atoms with Gasteiger partial charge in [-0.1, -0.05) is 38.5 Å². The number of nitriles is 1. The average Bonchev–Trinajstić information content (AvgIpc) is 3.25. The third-order valence-electron chi connectivity index (χ3n) is 7.18. The van der Waals surface area contributed by atoms with E-state index >= 15 is 0 Å². The molecule has 3 rings (SSSR count). The molecule has 2 saturated carbocycles. The molecule has 0 aromatic rings. The first kappa shape index (κ1) is 17.5. The van der Waals surface area contributed by atoms with Crippen LogP contribution in [0.25, 0.3) is 0 Å². The molecular formula is C22H31NO. The Morgan fingerprint density at radius 1 is 1.29 bits per heavy atom. The molecule has 2 heteroatoms. The van der Waals surface area contributed by atoms with E-state index < -0.39 is 0 Å². The molecule has 0 aromatic carbocycles. The summed E-state index contributed by atoms with van der Waals surface area (Å²) in [6, 6.07) is 2.67. The SMILES string of the molecule is CCC1(C)C(C#N)C2CC2C1C1C=C(C)C=CC(=O)CCC(C)C1. The van der Waals surface area contributed by atoms with Crippen LogP contribution in [0.1, 0.15) is 59.8 Å². The van der Waals surface area contributed by atoms with Gasteiger partial charge in [-0.3, -0.25) is 4.79 Å². The molecule has 0 N–H and O–H groups in total. The summed E-state index contributed by atoms with van der Waals surface area (Å²) >= 11 is 0. The molecule has 0 spiro atoms. The van der Waals surface area contributed by atoms with Crippen LogP contribution < -0.4 is 0 Å². The largest absolute Gasteiger partial charge is 0.295 e. The topological polar surface area (TPSA) is 40.9 Å². The maximum atomic E-state index is 11.9. The minimum atomic E-state index is 0.146. The monoisotopic (exact) mass is 325 g/mol. The maximum Gasteiger partial charge on any atom is 0.155 e. The summed E-state index contributed by atoms with van der Waals surface area (Å²) in [4.78, 5) is 11.9. The Kier molecular flexibility index (Phi) is 4.73. The standard InChI is InChI=1S/C22H31NO/c1-5-22(4)20(13-23)18-12-19(18)21(22)16-10-14(2)6-8-17(24)9-7-15(3)11-16/h6,8,10,15-16,18-21H,5,7,9,11-12H2,1-4H3. The highest BCUT2D eigenvalue weighted by atomic mass is 16.1. The zero-order chi connectivity index (χ0) is 17.5. The first-order chi connectivity index (χ1) is 11.4.